The maximum atomic E-state index is 12.7. The van der Waals surface area contributed by atoms with Gasteiger partial charge >= 0.3 is 0 Å². The monoisotopic (exact) mass is 289 g/mol. The topological polar surface area (TPSA) is 49.6 Å². The molecule has 4 heteroatoms. The van der Waals surface area contributed by atoms with Gasteiger partial charge in [0.1, 0.15) is 0 Å². The van der Waals surface area contributed by atoms with Gasteiger partial charge in [-0.3, -0.25) is 4.79 Å². The van der Waals surface area contributed by atoms with Crippen molar-refractivity contribution in [1.29, 1.82) is 0 Å². The van der Waals surface area contributed by atoms with Gasteiger partial charge in [0, 0.05) is 25.6 Å². The fraction of sp³-hybridized carbons (Fsp3) is 0.588. The summed E-state index contributed by atoms with van der Waals surface area (Å²) >= 11 is 0. The first kappa shape index (κ1) is 16.0. The fourth-order valence-corrected chi connectivity index (χ4v) is 2.91. The van der Waals surface area contributed by atoms with Gasteiger partial charge in [-0.25, -0.2) is 0 Å². The van der Waals surface area contributed by atoms with Gasteiger partial charge in [-0.15, -0.1) is 0 Å². The number of rotatable bonds is 6. The minimum Gasteiger partial charge on any atom is -0.341 e. The number of hydrogen-bond donors (Lipinski definition) is 1. The number of amides is 1. The molecule has 1 saturated heterocycles. The van der Waals surface area contributed by atoms with Crippen molar-refractivity contribution in [3.05, 3.63) is 35.9 Å². The third-order valence-electron chi connectivity index (χ3n) is 4.29. The fourth-order valence-electron chi connectivity index (χ4n) is 2.91. The van der Waals surface area contributed by atoms with Crippen LogP contribution < -0.4 is 5.73 Å². The van der Waals surface area contributed by atoms with Crippen molar-refractivity contribution in [3.63, 3.8) is 0 Å². The Kier molecular flexibility index (Phi) is 6.21. The van der Waals surface area contributed by atoms with Gasteiger partial charge in [0.25, 0.3) is 0 Å². The van der Waals surface area contributed by atoms with Crippen LogP contribution in [0.5, 0.6) is 0 Å². The second kappa shape index (κ2) is 8.15. The number of carbonyl (C=O) groups is 1. The quantitative estimate of drug-likeness (QED) is 0.860. The average Bonchev–Trinajstić information content (AvgIpc) is 2.52. The maximum absolute atomic E-state index is 12.7. The van der Waals surface area contributed by atoms with Crippen LogP contribution in [-0.2, 0) is 11.2 Å². The molecule has 1 aromatic rings. The molecular weight excluding hydrogens is 262 g/mol. The lowest BCUT2D eigenvalue weighted by atomic mass is 9.95. The highest BCUT2D eigenvalue weighted by molar-refractivity contribution is 5.79. The highest BCUT2D eigenvalue weighted by Crippen LogP contribution is 2.19. The molecule has 0 aliphatic carbocycles. The van der Waals surface area contributed by atoms with Crippen LogP contribution in [-0.4, -0.2) is 55.5 Å². The lowest BCUT2D eigenvalue weighted by Crippen LogP contribution is -2.44. The molecule has 1 heterocycles. The molecule has 1 aliphatic rings. The molecule has 0 bridgehead atoms. The summed E-state index contributed by atoms with van der Waals surface area (Å²) in [4.78, 5) is 16.9. The summed E-state index contributed by atoms with van der Waals surface area (Å²) in [7, 11) is 2.12. The molecule has 2 rings (SSSR count). The van der Waals surface area contributed by atoms with Crippen LogP contribution in [0.3, 0.4) is 0 Å². The summed E-state index contributed by atoms with van der Waals surface area (Å²) < 4.78 is 0. The van der Waals surface area contributed by atoms with E-state index in [2.05, 4.69) is 24.1 Å². The van der Waals surface area contributed by atoms with E-state index < -0.39 is 0 Å². The van der Waals surface area contributed by atoms with Crippen molar-refractivity contribution in [1.82, 2.24) is 9.80 Å². The van der Waals surface area contributed by atoms with Gasteiger partial charge in [0.2, 0.25) is 5.91 Å². The predicted molar refractivity (Wildman–Crippen MR) is 86.0 cm³/mol. The summed E-state index contributed by atoms with van der Waals surface area (Å²) in [5.41, 5.74) is 6.96. The van der Waals surface area contributed by atoms with E-state index in [4.69, 9.17) is 5.73 Å². The molecule has 2 N–H and O–H groups in total. The molecule has 1 aromatic carbocycles. The summed E-state index contributed by atoms with van der Waals surface area (Å²) in [6.45, 7) is 4.01. The van der Waals surface area contributed by atoms with E-state index in [0.717, 1.165) is 38.9 Å². The highest BCUT2D eigenvalue weighted by Gasteiger charge is 2.26. The van der Waals surface area contributed by atoms with Gasteiger partial charge in [-0.05, 0) is 45.0 Å². The van der Waals surface area contributed by atoms with Crippen molar-refractivity contribution in [3.8, 4) is 0 Å². The Hall–Kier alpha value is -1.39. The largest absolute Gasteiger partial charge is 0.341 e. The maximum Gasteiger partial charge on any atom is 0.225 e. The summed E-state index contributed by atoms with van der Waals surface area (Å²) in [5, 5.41) is 0. The Morgan fingerprint density at radius 2 is 1.90 bits per heavy atom. The van der Waals surface area contributed by atoms with Crippen LogP contribution in [0.2, 0.25) is 0 Å². The van der Waals surface area contributed by atoms with Crippen LogP contribution in [0.25, 0.3) is 0 Å². The number of piperidine rings is 1. The van der Waals surface area contributed by atoms with Crippen molar-refractivity contribution in [2.45, 2.75) is 19.3 Å². The molecule has 0 unspecified atom stereocenters. The third-order valence-corrected chi connectivity index (χ3v) is 4.29. The second-order valence-corrected chi connectivity index (χ2v) is 5.93. The molecule has 116 valence electrons. The van der Waals surface area contributed by atoms with E-state index in [-0.39, 0.29) is 5.92 Å². The van der Waals surface area contributed by atoms with Crippen molar-refractivity contribution >= 4 is 5.91 Å². The zero-order chi connectivity index (χ0) is 15.1. The SMILES string of the molecule is CN1CCC(C(=O)N(CCN)CCc2ccccc2)CC1. The number of hydrogen-bond acceptors (Lipinski definition) is 3. The molecule has 1 amide bonds. The van der Waals surface area contributed by atoms with E-state index in [0.29, 0.717) is 19.0 Å². The van der Waals surface area contributed by atoms with Crippen LogP contribution >= 0.6 is 0 Å². The molecule has 0 atom stereocenters. The molecule has 0 spiro atoms. The first-order valence-electron chi connectivity index (χ1n) is 7.92. The average molecular weight is 289 g/mol. The predicted octanol–water partition coefficient (Wildman–Crippen LogP) is 1.36. The minimum absolute atomic E-state index is 0.184. The third kappa shape index (κ3) is 4.83. The molecule has 0 aromatic heterocycles. The van der Waals surface area contributed by atoms with Crippen molar-refractivity contribution in [2.75, 3.05) is 39.8 Å². The Morgan fingerprint density at radius 1 is 1.24 bits per heavy atom. The van der Waals surface area contributed by atoms with E-state index in [1.54, 1.807) is 0 Å². The lowest BCUT2D eigenvalue weighted by molar-refractivity contribution is -0.136. The molecule has 4 nitrogen and oxygen atoms in total. The van der Waals surface area contributed by atoms with E-state index in [1.165, 1.54) is 5.56 Å². The van der Waals surface area contributed by atoms with Crippen LogP contribution in [0.4, 0.5) is 0 Å². The molecule has 1 fully saturated rings. The number of carbonyl (C=O) groups excluding carboxylic acids is 1. The molecule has 0 radical (unpaired) electrons. The second-order valence-electron chi connectivity index (χ2n) is 5.93. The van der Waals surface area contributed by atoms with Crippen LogP contribution in [0.1, 0.15) is 18.4 Å². The van der Waals surface area contributed by atoms with Gasteiger partial charge in [-0.2, -0.15) is 0 Å². The lowest BCUT2D eigenvalue weighted by Gasteiger charge is -2.32. The first-order chi connectivity index (χ1) is 10.2. The molecule has 21 heavy (non-hydrogen) atoms. The summed E-state index contributed by atoms with van der Waals surface area (Å²) in [5.74, 6) is 0.480. The minimum atomic E-state index is 0.184. The zero-order valence-electron chi connectivity index (χ0n) is 13.0. The summed E-state index contributed by atoms with van der Waals surface area (Å²) in [6.07, 6.45) is 2.85. The normalized spacial score (nSPS) is 16.9. The molecular formula is C17H27N3O. The number of likely N-dealkylation sites (tertiary alicyclic amines) is 1. The van der Waals surface area contributed by atoms with Crippen molar-refractivity contribution in [2.24, 2.45) is 11.7 Å². The smallest absolute Gasteiger partial charge is 0.225 e. The standard InChI is InChI=1S/C17H27N3O/c1-19-11-8-16(9-12-19)17(21)20(14-10-18)13-7-15-5-3-2-4-6-15/h2-6,16H,7-14,18H2,1H3. The first-order valence-corrected chi connectivity index (χ1v) is 7.92. The van der Waals surface area contributed by atoms with Crippen molar-refractivity contribution < 1.29 is 4.79 Å². The Labute approximate surface area is 127 Å². The van der Waals surface area contributed by atoms with Gasteiger partial charge < -0.3 is 15.5 Å². The van der Waals surface area contributed by atoms with Crippen LogP contribution in [0.15, 0.2) is 30.3 Å². The van der Waals surface area contributed by atoms with Gasteiger partial charge in [-0.1, -0.05) is 30.3 Å². The van der Waals surface area contributed by atoms with Gasteiger partial charge in [0.15, 0.2) is 0 Å². The van der Waals surface area contributed by atoms with E-state index in [1.807, 2.05) is 23.1 Å². The number of nitrogens with zero attached hydrogens (tertiary/aromatic N) is 2. The highest BCUT2D eigenvalue weighted by atomic mass is 16.2. The summed E-state index contributed by atoms with van der Waals surface area (Å²) in [6, 6.07) is 10.3. The number of benzene rings is 1. The van der Waals surface area contributed by atoms with E-state index >= 15 is 0 Å². The van der Waals surface area contributed by atoms with E-state index in [9.17, 15) is 4.79 Å². The molecule has 1 aliphatic heterocycles. The van der Waals surface area contributed by atoms with Gasteiger partial charge in [0.05, 0.1) is 0 Å². The Morgan fingerprint density at radius 3 is 2.52 bits per heavy atom. The van der Waals surface area contributed by atoms with Crippen LogP contribution in [0, 0.1) is 5.92 Å². The number of nitrogens with two attached hydrogens (primary N) is 1. The Balaban J connectivity index is 1.89. The molecule has 0 saturated carbocycles. The zero-order valence-corrected chi connectivity index (χ0v) is 13.0. The Bertz CT molecular complexity index is 427.